The standard InChI is InChI=1S/C20H18F3N5O/c21-20(22,23)15-8-3-7-14(11-15)19-25-27-28(26-19)12-18(29)24-17-10-4-6-13-5-1-2-9-16(13)17/h1-3,5,7-9,11,17H,4,6,10,12H2,(H,24,29)/t17-/m0/s1. The van der Waals surface area contributed by atoms with Crippen molar-refractivity contribution < 1.29 is 18.0 Å². The lowest BCUT2D eigenvalue weighted by molar-refractivity contribution is -0.137. The molecule has 0 spiro atoms. The van der Waals surface area contributed by atoms with E-state index in [-0.39, 0.29) is 29.9 Å². The number of benzene rings is 2. The number of carbonyl (C=O) groups excluding carboxylic acids is 1. The van der Waals surface area contributed by atoms with Gasteiger partial charge in [0.1, 0.15) is 6.54 Å². The summed E-state index contributed by atoms with van der Waals surface area (Å²) >= 11 is 0. The van der Waals surface area contributed by atoms with E-state index in [0.717, 1.165) is 41.8 Å². The molecular weight excluding hydrogens is 383 g/mol. The molecule has 1 N–H and O–H groups in total. The van der Waals surface area contributed by atoms with Crippen molar-refractivity contribution in [1.29, 1.82) is 0 Å². The van der Waals surface area contributed by atoms with E-state index in [1.807, 2.05) is 18.2 Å². The lowest BCUT2D eigenvalue weighted by Gasteiger charge is -2.26. The number of fused-ring (bicyclic) bond motifs is 1. The summed E-state index contributed by atoms with van der Waals surface area (Å²) in [5, 5.41) is 14.6. The Hall–Kier alpha value is -3.23. The average Bonchev–Trinajstić information content (AvgIpc) is 3.16. The molecule has 150 valence electrons. The van der Waals surface area contributed by atoms with E-state index >= 15 is 0 Å². The fraction of sp³-hybridized carbons (Fsp3) is 0.300. The first kappa shape index (κ1) is 19.1. The normalized spacial score (nSPS) is 16.3. The van der Waals surface area contributed by atoms with E-state index in [9.17, 15) is 18.0 Å². The smallest absolute Gasteiger partial charge is 0.348 e. The Bertz CT molecular complexity index is 1030. The second-order valence-electron chi connectivity index (χ2n) is 6.93. The summed E-state index contributed by atoms with van der Waals surface area (Å²) in [7, 11) is 0. The summed E-state index contributed by atoms with van der Waals surface area (Å²) in [6.45, 7) is -0.162. The van der Waals surface area contributed by atoms with Crippen molar-refractivity contribution in [2.75, 3.05) is 0 Å². The van der Waals surface area contributed by atoms with E-state index in [2.05, 4.69) is 26.8 Å². The van der Waals surface area contributed by atoms with Crippen molar-refractivity contribution in [1.82, 2.24) is 25.5 Å². The maximum absolute atomic E-state index is 12.9. The van der Waals surface area contributed by atoms with Crippen molar-refractivity contribution in [2.24, 2.45) is 0 Å². The molecule has 4 rings (SSSR count). The molecule has 0 fully saturated rings. The summed E-state index contributed by atoms with van der Waals surface area (Å²) in [6.07, 6.45) is -1.62. The van der Waals surface area contributed by atoms with Crippen LogP contribution in [-0.2, 0) is 23.9 Å². The van der Waals surface area contributed by atoms with Gasteiger partial charge in [-0.15, -0.1) is 10.2 Å². The zero-order valence-electron chi connectivity index (χ0n) is 15.4. The number of hydrogen-bond donors (Lipinski definition) is 1. The van der Waals surface area contributed by atoms with Gasteiger partial charge in [0.15, 0.2) is 0 Å². The molecule has 0 unspecified atom stereocenters. The topological polar surface area (TPSA) is 72.7 Å². The zero-order valence-corrected chi connectivity index (χ0v) is 15.4. The highest BCUT2D eigenvalue weighted by atomic mass is 19.4. The van der Waals surface area contributed by atoms with Crippen LogP contribution in [-0.4, -0.2) is 26.1 Å². The second kappa shape index (κ2) is 7.65. The van der Waals surface area contributed by atoms with Crippen LogP contribution in [0.15, 0.2) is 48.5 Å². The summed E-state index contributed by atoms with van der Waals surface area (Å²) in [4.78, 5) is 13.5. The van der Waals surface area contributed by atoms with Crippen molar-refractivity contribution in [3.63, 3.8) is 0 Å². The van der Waals surface area contributed by atoms with Gasteiger partial charge in [-0.3, -0.25) is 4.79 Å². The van der Waals surface area contributed by atoms with Crippen LogP contribution in [0.4, 0.5) is 13.2 Å². The highest BCUT2D eigenvalue weighted by Gasteiger charge is 2.30. The number of amides is 1. The van der Waals surface area contributed by atoms with Crippen molar-refractivity contribution in [2.45, 2.75) is 38.0 Å². The molecule has 1 atom stereocenters. The maximum Gasteiger partial charge on any atom is 0.416 e. The molecule has 1 aromatic heterocycles. The zero-order chi connectivity index (χ0) is 20.4. The molecule has 1 aliphatic rings. The van der Waals surface area contributed by atoms with Crippen LogP contribution >= 0.6 is 0 Å². The van der Waals surface area contributed by atoms with Gasteiger partial charge in [-0.2, -0.15) is 18.0 Å². The maximum atomic E-state index is 12.9. The number of halogens is 3. The summed E-state index contributed by atoms with van der Waals surface area (Å²) in [6, 6.07) is 12.6. The SMILES string of the molecule is O=C(Cn1nnc(-c2cccc(C(F)(F)F)c2)n1)N[C@H]1CCCc2ccccc21. The molecule has 1 aliphatic carbocycles. The first-order valence-corrected chi connectivity index (χ1v) is 9.23. The van der Waals surface area contributed by atoms with Gasteiger partial charge in [-0.25, -0.2) is 0 Å². The predicted octanol–water partition coefficient (Wildman–Crippen LogP) is 3.55. The molecule has 9 heteroatoms. The third-order valence-corrected chi connectivity index (χ3v) is 4.89. The summed E-state index contributed by atoms with van der Waals surface area (Å²) in [5.41, 5.74) is 1.74. The Morgan fingerprint density at radius 2 is 2.00 bits per heavy atom. The first-order chi connectivity index (χ1) is 13.9. The van der Waals surface area contributed by atoms with E-state index in [1.165, 1.54) is 17.7 Å². The molecule has 0 aliphatic heterocycles. The van der Waals surface area contributed by atoms with E-state index in [0.29, 0.717) is 0 Å². The van der Waals surface area contributed by atoms with Gasteiger partial charge in [0.25, 0.3) is 0 Å². The van der Waals surface area contributed by atoms with Crippen LogP contribution in [0.5, 0.6) is 0 Å². The van der Waals surface area contributed by atoms with Gasteiger partial charge in [-0.05, 0) is 47.7 Å². The molecule has 29 heavy (non-hydrogen) atoms. The van der Waals surface area contributed by atoms with E-state index < -0.39 is 11.7 Å². The molecule has 3 aromatic rings. The van der Waals surface area contributed by atoms with Crippen LogP contribution in [0, 0.1) is 0 Å². The number of tetrazole rings is 1. The van der Waals surface area contributed by atoms with Crippen molar-refractivity contribution >= 4 is 5.91 Å². The molecule has 0 radical (unpaired) electrons. The average molecular weight is 401 g/mol. The largest absolute Gasteiger partial charge is 0.416 e. The van der Waals surface area contributed by atoms with Crippen LogP contribution in [0.2, 0.25) is 0 Å². The van der Waals surface area contributed by atoms with E-state index in [1.54, 1.807) is 0 Å². The second-order valence-corrected chi connectivity index (χ2v) is 6.93. The number of carbonyl (C=O) groups is 1. The summed E-state index contributed by atoms with van der Waals surface area (Å²) < 4.78 is 38.6. The quantitative estimate of drug-likeness (QED) is 0.726. The molecule has 1 amide bonds. The monoisotopic (exact) mass is 401 g/mol. The third kappa shape index (κ3) is 4.28. The minimum Gasteiger partial charge on any atom is -0.348 e. The molecule has 0 saturated carbocycles. The van der Waals surface area contributed by atoms with Crippen molar-refractivity contribution in [3.05, 3.63) is 65.2 Å². The van der Waals surface area contributed by atoms with Gasteiger partial charge in [0.2, 0.25) is 11.7 Å². The Morgan fingerprint density at radius 1 is 1.17 bits per heavy atom. The Morgan fingerprint density at radius 3 is 2.83 bits per heavy atom. The Labute approximate surface area is 164 Å². The van der Waals surface area contributed by atoms with Gasteiger partial charge >= 0.3 is 6.18 Å². The number of hydrogen-bond acceptors (Lipinski definition) is 4. The summed E-state index contributed by atoms with van der Waals surface area (Å²) in [5.74, 6) is -0.244. The van der Waals surface area contributed by atoms with Gasteiger partial charge in [0, 0.05) is 5.56 Å². The number of aryl methyl sites for hydroxylation is 1. The lowest BCUT2D eigenvalue weighted by Crippen LogP contribution is -2.34. The molecule has 6 nitrogen and oxygen atoms in total. The minimum atomic E-state index is -4.46. The molecule has 2 aromatic carbocycles. The van der Waals surface area contributed by atoms with Crippen LogP contribution in [0.3, 0.4) is 0 Å². The highest BCUT2D eigenvalue weighted by Crippen LogP contribution is 2.31. The molecule has 0 bridgehead atoms. The fourth-order valence-corrected chi connectivity index (χ4v) is 3.53. The van der Waals surface area contributed by atoms with Gasteiger partial charge in [0.05, 0.1) is 11.6 Å². The van der Waals surface area contributed by atoms with E-state index in [4.69, 9.17) is 0 Å². The van der Waals surface area contributed by atoms with Crippen LogP contribution in [0.25, 0.3) is 11.4 Å². The van der Waals surface area contributed by atoms with Crippen LogP contribution < -0.4 is 5.32 Å². The van der Waals surface area contributed by atoms with Gasteiger partial charge < -0.3 is 5.32 Å². The minimum absolute atomic E-state index is 0.0342. The number of rotatable bonds is 4. The number of nitrogens with zero attached hydrogens (tertiary/aromatic N) is 4. The third-order valence-electron chi connectivity index (χ3n) is 4.89. The Balaban J connectivity index is 1.44. The lowest BCUT2D eigenvalue weighted by atomic mass is 9.88. The fourth-order valence-electron chi connectivity index (χ4n) is 3.53. The first-order valence-electron chi connectivity index (χ1n) is 9.23. The molecule has 1 heterocycles. The van der Waals surface area contributed by atoms with Crippen LogP contribution in [0.1, 0.15) is 35.6 Å². The number of aromatic nitrogens is 4. The predicted molar refractivity (Wildman–Crippen MR) is 98.5 cm³/mol. The highest BCUT2D eigenvalue weighted by molar-refractivity contribution is 5.76. The van der Waals surface area contributed by atoms with Gasteiger partial charge in [-0.1, -0.05) is 36.4 Å². The van der Waals surface area contributed by atoms with Crippen molar-refractivity contribution in [3.8, 4) is 11.4 Å². The number of alkyl halides is 3. The Kier molecular flexibility index (Phi) is 5.04. The molecule has 0 saturated heterocycles. The molecular formula is C20H18F3N5O. The number of nitrogens with one attached hydrogen (secondary N) is 1.